The Morgan fingerprint density at radius 1 is 1.26 bits per heavy atom. The number of phenolic OH excluding ortho intramolecular Hbond substituents is 1. The van der Waals surface area contributed by atoms with E-state index in [4.69, 9.17) is 4.74 Å². The van der Waals surface area contributed by atoms with Gasteiger partial charge in [0.05, 0.1) is 29.5 Å². The predicted octanol–water partition coefficient (Wildman–Crippen LogP) is 3.38. The zero-order valence-electron chi connectivity index (χ0n) is 13.3. The summed E-state index contributed by atoms with van der Waals surface area (Å²) >= 11 is 0. The number of pyridine rings is 1. The van der Waals surface area contributed by atoms with Gasteiger partial charge in [-0.1, -0.05) is 0 Å². The molecule has 0 saturated carbocycles. The fourth-order valence-electron chi connectivity index (χ4n) is 2.05. The highest BCUT2D eigenvalue weighted by molar-refractivity contribution is 5.88. The van der Waals surface area contributed by atoms with Crippen molar-refractivity contribution in [3.05, 3.63) is 50.8 Å². The molecule has 0 bridgehead atoms. The highest BCUT2D eigenvalue weighted by atomic mass is 16.6. The van der Waals surface area contributed by atoms with E-state index in [1.807, 2.05) is 26.8 Å². The molecule has 1 aromatic carbocycles. The van der Waals surface area contributed by atoms with Gasteiger partial charge in [-0.25, -0.2) is 0 Å². The van der Waals surface area contributed by atoms with E-state index in [0.717, 1.165) is 23.0 Å². The van der Waals surface area contributed by atoms with Crippen molar-refractivity contribution in [1.29, 1.82) is 0 Å². The lowest BCUT2D eigenvalue weighted by Crippen LogP contribution is -1.95. The normalized spacial score (nSPS) is 11.0. The zero-order valence-corrected chi connectivity index (χ0v) is 13.3. The summed E-state index contributed by atoms with van der Waals surface area (Å²) in [6, 6.07) is 4.52. The molecule has 120 valence electrons. The molecule has 1 N–H and O–H groups in total. The molecule has 7 nitrogen and oxygen atoms in total. The maximum absolute atomic E-state index is 11.0. The lowest BCUT2D eigenvalue weighted by atomic mass is 10.1. The molecule has 7 heteroatoms. The maximum atomic E-state index is 11.0. The van der Waals surface area contributed by atoms with Crippen LogP contribution in [0.15, 0.2) is 23.2 Å². The van der Waals surface area contributed by atoms with Crippen LogP contribution in [0.25, 0.3) is 0 Å². The third-order valence-electron chi connectivity index (χ3n) is 3.50. The van der Waals surface area contributed by atoms with Crippen LogP contribution in [-0.4, -0.2) is 28.3 Å². The molecule has 0 unspecified atom stereocenters. The molecule has 0 saturated heterocycles. The van der Waals surface area contributed by atoms with E-state index in [1.165, 1.54) is 19.4 Å². The SMILES string of the molecule is COc1cc(C=Nc2cc(C)c(C)nc2C)c(O)c([N+](=O)[O-])c1. The Labute approximate surface area is 133 Å². The fraction of sp³-hybridized carbons (Fsp3) is 0.250. The third-order valence-corrected chi connectivity index (χ3v) is 3.50. The standard InChI is InChI=1S/C16H17N3O4/c1-9-5-14(11(3)18-10(9)2)17-8-12-6-13(23-4)7-15(16(12)20)19(21)22/h5-8,20H,1-4H3. The Morgan fingerprint density at radius 2 is 1.96 bits per heavy atom. The van der Waals surface area contributed by atoms with Crippen LogP contribution in [0.3, 0.4) is 0 Å². The van der Waals surface area contributed by atoms with Crippen LogP contribution in [0.5, 0.6) is 11.5 Å². The molecule has 2 aromatic rings. The molecule has 0 atom stereocenters. The molecular weight excluding hydrogens is 298 g/mol. The van der Waals surface area contributed by atoms with Gasteiger partial charge in [0.25, 0.3) is 0 Å². The Hall–Kier alpha value is -2.96. The number of nitrogens with zero attached hydrogens (tertiary/aromatic N) is 3. The summed E-state index contributed by atoms with van der Waals surface area (Å²) in [4.78, 5) is 19.0. The van der Waals surface area contributed by atoms with Crippen molar-refractivity contribution in [3.8, 4) is 11.5 Å². The number of methoxy groups -OCH3 is 1. The largest absolute Gasteiger partial charge is 0.502 e. The van der Waals surface area contributed by atoms with Crippen molar-refractivity contribution >= 4 is 17.6 Å². The Morgan fingerprint density at radius 3 is 2.57 bits per heavy atom. The molecule has 0 aliphatic heterocycles. The van der Waals surface area contributed by atoms with Crippen LogP contribution in [-0.2, 0) is 0 Å². The number of aromatic hydroxyl groups is 1. The number of nitro groups is 1. The molecule has 1 heterocycles. The second-order valence-corrected chi connectivity index (χ2v) is 5.09. The molecular formula is C16H17N3O4. The minimum absolute atomic E-state index is 0.202. The molecule has 0 fully saturated rings. The summed E-state index contributed by atoms with van der Waals surface area (Å²) in [5.74, 6) is -0.181. The first-order valence-electron chi connectivity index (χ1n) is 6.87. The number of hydrogen-bond donors (Lipinski definition) is 1. The van der Waals surface area contributed by atoms with Gasteiger partial charge in [0.15, 0.2) is 0 Å². The van der Waals surface area contributed by atoms with Crippen LogP contribution in [0, 0.1) is 30.9 Å². The van der Waals surface area contributed by atoms with Crippen LogP contribution < -0.4 is 4.74 Å². The van der Waals surface area contributed by atoms with Crippen molar-refractivity contribution in [2.45, 2.75) is 20.8 Å². The quantitative estimate of drug-likeness (QED) is 0.530. The number of aliphatic imine (C=N–C) groups is 1. The number of phenols is 1. The summed E-state index contributed by atoms with van der Waals surface area (Å²) in [6.07, 6.45) is 1.36. The summed E-state index contributed by atoms with van der Waals surface area (Å²) in [5, 5.41) is 21.0. The summed E-state index contributed by atoms with van der Waals surface area (Å²) < 4.78 is 5.02. The van der Waals surface area contributed by atoms with Gasteiger partial charge in [0, 0.05) is 17.5 Å². The Balaban J connectivity index is 2.49. The number of aryl methyl sites for hydroxylation is 3. The molecule has 2 rings (SSSR count). The van der Waals surface area contributed by atoms with Gasteiger partial charge in [-0.3, -0.25) is 20.1 Å². The lowest BCUT2D eigenvalue weighted by Gasteiger charge is -2.06. The minimum Gasteiger partial charge on any atom is -0.502 e. The summed E-state index contributed by atoms with van der Waals surface area (Å²) in [5.41, 5.74) is 3.05. The second-order valence-electron chi connectivity index (χ2n) is 5.09. The van der Waals surface area contributed by atoms with Crippen LogP contribution in [0.2, 0.25) is 0 Å². The number of rotatable bonds is 4. The van der Waals surface area contributed by atoms with Crippen molar-refractivity contribution in [1.82, 2.24) is 4.98 Å². The average molecular weight is 315 g/mol. The number of aromatic nitrogens is 1. The van der Waals surface area contributed by atoms with Crippen molar-refractivity contribution in [2.75, 3.05) is 7.11 Å². The van der Waals surface area contributed by atoms with Gasteiger partial charge < -0.3 is 9.84 Å². The van der Waals surface area contributed by atoms with E-state index in [1.54, 1.807) is 0 Å². The van der Waals surface area contributed by atoms with E-state index in [9.17, 15) is 15.2 Å². The minimum atomic E-state index is -0.669. The van der Waals surface area contributed by atoms with E-state index in [0.29, 0.717) is 5.69 Å². The summed E-state index contributed by atoms with van der Waals surface area (Å²) in [7, 11) is 1.40. The predicted molar refractivity (Wildman–Crippen MR) is 87.0 cm³/mol. The fourth-order valence-corrected chi connectivity index (χ4v) is 2.05. The average Bonchev–Trinajstić information content (AvgIpc) is 2.50. The number of nitro benzene ring substituents is 1. The molecule has 0 aliphatic carbocycles. The van der Waals surface area contributed by atoms with Crippen molar-refractivity contribution in [3.63, 3.8) is 0 Å². The molecule has 23 heavy (non-hydrogen) atoms. The van der Waals surface area contributed by atoms with Gasteiger partial charge in [-0.15, -0.1) is 0 Å². The van der Waals surface area contributed by atoms with E-state index in [2.05, 4.69) is 9.98 Å². The highest BCUT2D eigenvalue weighted by Gasteiger charge is 2.18. The van der Waals surface area contributed by atoms with E-state index >= 15 is 0 Å². The first-order chi connectivity index (χ1) is 10.8. The van der Waals surface area contributed by atoms with Crippen LogP contribution in [0.1, 0.15) is 22.5 Å². The van der Waals surface area contributed by atoms with Crippen molar-refractivity contribution in [2.24, 2.45) is 4.99 Å². The monoisotopic (exact) mass is 315 g/mol. The van der Waals surface area contributed by atoms with E-state index in [-0.39, 0.29) is 11.3 Å². The maximum Gasteiger partial charge on any atom is 0.315 e. The summed E-state index contributed by atoms with van der Waals surface area (Å²) in [6.45, 7) is 5.66. The van der Waals surface area contributed by atoms with E-state index < -0.39 is 16.4 Å². The Kier molecular flexibility index (Phi) is 4.59. The van der Waals surface area contributed by atoms with Gasteiger partial charge >= 0.3 is 5.69 Å². The molecule has 0 radical (unpaired) electrons. The lowest BCUT2D eigenvalue weighted by molar-refractivity contribution is -0.385. The van der Waals surface area contributed by atoms with Gasteiger partial charge in [0.1, 0.15) is 5.75 Å². The Bertz CT molecular complexity index is 800. The topological polar surface area (TPSA) is 97.9 Å². The second kappa shape index (κ2) is 6.43. The first-order valence-corrected chi connectivity index (χ1v) is 6.87. The molecule has 1 aromatic heterocycles. The number of benzene rings is 1. The third kappa shape index (κ3) is 3.45. The van der Waals surface area contributed by atoms with Gasteiger partial charge in [-0.2, -0.15) is 0 Å². The first kappa shape index (κ1) is 16.4. The number of ether oxygens (including phenoxy) is 1. The highest BCUT2D eigenvalue weighted by Crippen LogP contribution is 2.33. The van der Waals surface area contributed by atoms with Crippen molar-refractivity contribution < 1.29 is 14.8 Å². The van der Waals surface area contributed by atoms with Crippen LogP contribution >= 0.6 is 0 Å². The molecule has 0 spiro atoms. The molecule has 0 amide bonds. The smallest absolute Gasteiger partial charge is 0.315 e. The van der Waals surface area contributed by atoms with Gasteiger partial charge in [0.2, 0.25) is 5.75 Å². The van der Waals surface area contributed by atoms with Crippen LogP contribution in [0.4, 0.5) is 11.4 Å². The molecule has 0 aliphatic rings. The number of hydrogen-bond acceptors (Lipinski definition) is 6. The zero-order chi connectivity index (χ0) is 17.1. The van der Waals surface area contributed by atoms with Gasteiger partial charge in [-0.05, 0) is 38.5 Å².